The number of nitrogens with zero attached hydrogens (tertiary/aromatic N) is 3. The number of hydrogen-bond donors (Lipinski definition) is 3. The van der Waals surface area contributed by atoms with Crippen LogP contribution in [0.2, 0.25) is 0 Å². The van der Waals surface area contributed by atoms with Crippen molar-refractivity contribution in [1.82, 2.24) is 5.01 Å². The summed E-state index contributed by atoms with van der Waals surface area (Å²) in [6, 6.07) is 9.88. The fourth-order valence-electron chi connectivity index (χ4n) is 2.98. The molecule has 8 nitrogen and oxygen atoms in total. The lowest BCUT2D eigenvalue weighted by Gasteiger charge is -2.24. The average Bonchev–Trinajstić information content (AvgIpc) is 2.75. The molecular weight excluding hydrogens is 418 g/mol. The van der Waals surface area contributed by atoms with Gasteiger partial charge in [-0.25, -0.2) is 30.3 Å². The molecule has 0 unspecified atom stereocenters. The number of aliphatic imine (C=N–C) groups is 1. The van der Waals surface area contributed by atoms with E-state index in [1.165, 1.54) is 14.1 Å². The Bertz CT molecular complexity index is 1040. The van der Waals surface area contributed by atoms with Crippen LogP contribution in [-0.2, 0) is 6.61 Å². The second-order valence-corrected chi connectivity index (χ2v) is 7.15. The van der Waals surface area contributed by atoms with Crippen LogP contribution in [-0.4, -0.2) is 37.3 Å². The number of amides is 2. The summed E-state index contributed by atoms with van der Waals surface area (Å²) in [5, 5.41) is 1.85. The molecule has 32 heavy (non-hydrogen) atoms. The minimum absolute atomic E-state index is 0.140. The largest absolute Gasteiger partial charge is 0.489 e. The number of nitrogens with two attached hydrogens (primary N) is 3. The first-order valence-corrected chi connectivity index (χ1v) is 9.68. The van der Waals surface area contributed by atoms with E-state index in [2.05, 4.69) is 4.99 Å². The van der Waals surface area contributed by atoms with E-state index < -0.39 is 18.2 Å². The normalized spacial score (nSPS) is 12.2. The average molecular weight is 447 g/mol. The molecule has 0 fully saturated rings. The predicted molar refractivity (Wildman–Crippen MR) is 122 cm³/mol. The molecule has 2 aromatic carbocycles. The van der Waals surface area contributed by atoms with Crippen LogP contribution >= 0.6 is 0 Å². The van der Waals surface area contributed by atoms with E-state index in [1.807, 2.05) is 19.9 Å². The topological polar surface area (TPSA) is 123 Å². The summed E-state index contributed by atoms with van der Waals surface area (Å²) in [4.78, 5) is 15.7. The number of ether oxygens (including phenoxy) is 1. The second-order valence-electron chi connectivity index (χ2n) is 7.15. The van der Waals surface area contributed by atoms with Gasteiger partial charge >= 0.3 is 6.03 Å². The van der Waals surface area contributed by atoms with E-state index in [-0.39, 0.29) is 12.3 Å². The third-order valence-corrected chi connectivity index (χ3v) is 4.82. The molecule has 172 valence electrons. The molecule has 2 amide bonds. The smallest absolute Gasteiger partial charge is 0.352 e. The van der Waals surface area contributed by atoms with Gasteiger partial charge in [-0.1, -0.05) is 12.1 Å². The van der Waals surface area contributed by atoms with E-state index in [9.17, 15) is 13.6 Å². The number of halogens is 2. The molecule has 2 aromatic rings. The van der Waals surface area contributed by atoms with Gasteiger partial charge in [0.25, 0.3) is 6.43 Å². The highest BCUT2D eigenvalue weighted by molar-refractivity contribution is 6.02. The lowest BCUT2D eigenvalue weighted by Crippen LogP contribution is -2.49. The van der Waals surface area contributed by atoms with Gasteiger partial charge in [-0.3, -0.25) is 10.0 Å². The highest BCUT2D eigenvalue weighted by Gasteiger charge is 2.19. The summed E-state index contributed by atoms with van der Waals surface area (Å²) in [7, 11) is 2.69. The molecule has 10 heteroatoms. The van der Waals surface area contributed by atoms with Crippen molar-refractivity contribution in [3.63, 3.8) is 0 Å². The second kappa shape index (κ2) is 10.7. The van der Waals surface area contributed by atoms with Crippen LogP contribution in [0, 0.1) is 13.8 Å². The van der Waals surface area contributed by atoms with Gasteiger partial charge in [-0.05, 0) is 60.9 Å². The number of alkyl halides is 2. The standard InChI is InChI=1S/C22H28F2N6O2/c1-13-6-5-7-19(30(27)22(31)29(4)26)16(13)12-32-20-9-8-15(10-14(20)2)17(25)11-18(28-3)21(23)24/h5-11,21H,12,25-27H2,1-4H3. The third-order valence-electron chi connectivity index (χ3n) is 4.82. The number of hydrazine groups is 2. The van der Waals surface area contributed by atoms with Gasteiger partial charge in [0.15, 0.2) is 0 Å². The molecule has 0 atom stereocenters. The molecule has 0 saturated carbocycles. The summed E-state index contributed by atoms with van der Waals surface area (Å²) in [6.07, 6.45) is -1.56. The minimum atomic E-state index is -2.71. The van der Waals surface area contributed by atoms with Gasteiger partial charge in [-0.15, -0.1) is 0 Å². The Morgan fingerprint density at radius 3 is 2.44 bits per heavy atom. The fraction of sp³-hybridized carbons (Fsp3) is 0.273. The number of hydrogen-bond acceptors (Lipinski definition) is 6. The van der Waals surface area contributed by atoms with Gasteiger partial charge < -0.3 is 10.5 Å². The minimum Gasteiger partial charge on any atom is -0.489 e. The fourth-order valence-corrected chi connectivity index (χ4v) is 2.98. The maximum Gasteiger partial charge on any atom is 0.352 e. The summed E-state index contributed by atoms with van der Waals surface area (Å²) in [6.45, 7) is 3.83. The molecule has 0 aliphatic heterocycles. The molecule has 0 aliphatic carbocycles. The Kier molecular flexibility index (Phi) is 8.27. The Balaban J connectivity index is 2.26. The number of allylic oxidation sites excluding steroid dienone is 1. The number of urea groups is 1. The van der Waals surface area contributed by atoms with Gasteiger partial charge in [0.1, 0.15) is 18.1 Å². The number of rotatable bonds is 7. The van der Waals surface area contributed by atoms with E-state index in [4.69, 9.17) is 22.2 Å². The summed E-state index contributed by atoms with van der Waals surface area (Å²) in [5.74, 6) is 12.0. The number of carbonyl (C=O) groups is 1. The van der Waals surface area contributed by atoms with Crippen LogP contribution in [0.25, 0.3) is 5.70 Å². The highest BCUT2D eigenvalue weighted by atomic mass is 19.3. The van der Waals surface area contributed by atoms with Crippen molar-refractivity contribution in [2.75, 3.05) is 19.1 Å². The van der Waals surface area contributed by atoms with E-state index in [1.54, 1.807) is 30.3 Å². The maximum atomic E-state index is 12.9. The molecule has 0 radical (unpaired) electrons. The van der Waals surface area contributed by atoms with Crippen molar-refractivity contribution in [3.8, 4) is 5.75 Å². The van der Waals surface area contributed by atoms with Crippen molar-refractivity contribution in [2.24, 2.45) is 22.4 Å². The molecule has 0 bridgehead atoms. The quantitative estimate of drug-likeness (QED) is 0.261. The van der Waals surface area contributed by atoms with E-state index >= 15 is 0 Å². The van der Waals surface area contributed by atoms with Crippen molar-refractivity contribution in [1.29, 1.82) is 0 Å². The number of anilines is 1. The maximum absolute atomic E-state index is 12.9. The van der Waals surface area contributed by atoms with E-state index in [0.717, 1.165) is 27.2 Å². The van der Waals surface area contributed by atoms with Crippen LogP contribution in [0.15, 0.2) is 47.5 Å². The van der Waals surface area contributed by atoms with Crippen LogP contribution in [0.1, 0.15) is 22.3 Å². The van der Waals surface area contributed by atoms with Crippen LogP contribution in [0.5, 0.6) is 5.75 Å². The zero-order valence-electron chi connectivity index (χ0n) is 18.5. The predicted octanol–water partition coefficient (Wildman–Crippen LogP) is 3.12. The van der Waals surface area contributed by atoms with Crippen LogP contribution in [0.4, 0.5) is 19.3 Å². The molecule has 0 saturated heterocycles. The molecule has 2 rings (SSSR count). The Morgan fingerprint density at radius 1 is 1.19 bits per heavy atom. The van der Waals surface area contributed by atoms with Gasteiger partial charge in [-0.2, -0.15) is 0 Å². The lowest BCUT2D eigenvalue weighted by atomic mass is 10.1. The zero-order valence-corrected chi connectivity index (χ0v) is 18.5. The third kappa shape index (κ3) is 5.80. The molecule has 6 N–H and O–H groups in total. The monoisotopic (exact) mass is 446 g/mol. The lowest BCUT2D eigenvalue weighted by molar-refractivity contribution is 0.216. The van der Waals surface area contributed by atoms with Gasteiger partial charge in [0.05, 0.1) is 5.69 Å². The summed E-state index contributed by atoms with van der Waals surface area (Å²) >= 11 is 0. The Hall–Kier alpha value is -3.50. The summed E-state index contributed by atoms with van der Waals surface area (Å²) < 4.78 is 31.8. The summed E-state index contributed by atoms with van der Waals surface area (Å²) in [5.41, 5.74) is 9.12. The van der Waals surface area contributed by atoms with Crippen molar-refractivity contribution in [2.45, 2.75) is 26.9 Å². The van der Waals surface area contributed by atoms with Crippen molar-refractivity contribution < 1.29 is 18.3 Å². The first-order valence-electron chi connectivity index (χ1n) is 9.68. The van der Waals surface area contributed by atoms with Gasteiger partial charge in [0, 0.05) is 25.4 Å². The molecule has 0 heterocycles. The molecule has 0 aliphatic rings. The van der Waals surface area contributed by atoms with Crippen molar-refractivity contribution in [3.05, 3.63) is 64.7 Å². The SMILES string of the molecule is CN=C(C=C(N)c1ccc(OCc2c(C)cccc2N(N)C(=O)N(C)N)c(C)c1)C(F)F. The number of carbonyl (C=O) groups excluding carboxylic acids is 1. The van der Waals surface area contributed by atoms with Gasteiger partial charge in [0.2, 0.25) is 0 Å². The van der Waals surface area contributed by atoms with Crippen LogP contribution < -0.4 is 27.2 Å². The zero-order chi connectivity index (χ0) is 24.0. The molecule has 0 spiro atoms. The Labute approximate surface area is 185 Å². The van der Waals surface area contributed by atoms with E-state index in [0.29, 0.717) is 22.6 Å². The van der Waals surface area contributed by atoms with Crippen LogP contribution in [0.3, 0.4) is 0 Å². The Morgan fingerprint density at radius 2 is 1.88 bits per heavy atom. The first-order chi connectivity index (χ1) is 15.1. The first kappa shape index (κ1) is 24.8. The highest BCUT2D eigenvalue weighted by Crippen LogP contribution is 2.27. The molecular formula is C22H28F2N6O2. The number of aryl methyl sites for hydroxylation is 2. The molecule has 0 aromatic heterocycles. The van der Waals surface area contributed by atoms with Crippen molar-refractivity contribution >= 4 is 23.1 Å². The number of benzene rings is 2.